The number of nitrogens with one attached hydrogen (secondary N) is 2. The molecule has 0 aliphatic rings. The number of hydrogen-bond donors (Lipinski definition) is 1. The molecule has 0 bridgehead atoms. The molecule has 0 aliphatic carbocycles. The van der Waals surface area contributed by atoms with E-state index < -0.39 is 0 Å². The highest BCUT2D eigenvalue weighted by Gasteiger charge is 1.96. The first-order chi connectivity index (χ1) is 4.31. The molecule has 0 spiro atoms. The van der Waals surface area contributed by atoms with Crippen LogP contribution in [-0.2, 0) is 9.63 Å². The van der Waals surface area contributed by atoms with Crippen LogP contribution in [0.2, 0.25) is 0 Å². The van der Waals surface area contributed by atoms with E-state index in [0.29, 0.717) is 6.54 Å². The predicted octanol–water partition coefficient (Wildman–Crippen LogP) is -0.273. The summed E-state index contributed by atoms with van der Waals surface area (Å²) in [4.78, 5) is 14.5. The van der Waals surface area contributed by atoms with E-state index in [0.717, 1.165) is 0 Å². The Morgan fingerprint density at radius 3 is 2.89 bits per heavy atom. The van der Waals surface area contributed by atoms with Crippen molar-refractivity contribution in [3.63, 3.8) is 0 Å². The van der Waals surface area contributed by atoms with Crippen molar-refractivity contribution in [3.8, 4) is 0 Å². The standard InChI is InChI=1S/C5H11N2O2/c1-2-7-5(8)3-4-9-6/h6H,2-4H2,1H3,(H,7,8). The number of carbonyl (C=O) groups excluding carboxylic acids is 1. The summed E-state index contributed by atoms with van der Waals surface area (Å²) in [5, 5.41) is 2.58. The zero-order valence-corrected chi connectivity index (χ0v) is 5.44. The zero-order valence-electron chi connectivity index (χ0n) is 5.44. The molecule has 2 N–H and O–H groups in total. The van der Waals surface area contributed by atoms with E-state index in [-0.39, 0.29) is 18.9 Å². The lowest BCUT2D eigenvalue weighted by atomic mass is 10.4. The minimum absolute atomic E-state index is 0.0650. The Balaban J connectivity index is 3.06. The van der Waals surface area contributed by atoms with Gasteiger partial charge in [0.2, 0.25) is 5.91 Å². The van der Waals surface area contributed by atoms with Crippen LogP contribution in [0.1, 0.15) is 13.3 Å². The van der Waals surface area contributed by atoms with Crippen LogP contribution in [0.25, 0.3) is 0 Å². The fourth-order valence-electron chi connectivity index (χ4n) is 0.429. The highest BCUT2D eigenvalue weighted by molar-refractivity contribution is 5.75. The van der Waals surface area contributed by atoms with Crippen LogP contribution in [0, 0.1) is 0 Å². The molecule has 0 saturated carbocycles. The van der Waals surface area contributed by atoms with Crippen molar-refractivity contribution in [3.05, 3.63) is 0 Å². The second-order valence-electron chi connectivity index (χ2n) is 1.55. The van der Waals surface area contributed by atoms with Crippen molar-refractivity contribution in [2.45, 2.75) is 13.3 Å². The topological polar surface area (TPSA) is 62.1 Å². The minimum atomic E-state index is -0.0650. The van der Waals surface area contributed by atoms with Gasteiger partial charge in [0.1, 0.15) is 0 Å². The highest BCUT2D eigenvalue weighted by atomic mass is 16.6. The molecule has 0 heterocycles. The Morgan fingerprint density at radius 1 is 1.78 bits per heavy atom. The van der Waals surface area contributed by atoms with Crippen LogP contribution in [0.4, 0.5) is 0 Å². The molecule has 4 heteroatoms. The van der Waals surface area contributed by atoms with E-state index in [1.54, 1.807) is 0 Å². The lowest BCUT2D eigenvalue weighted by molar-refractivity contribution is -0.122. The maximum absolute atomic E-state index is 10.5. The molecule has 0 aromatic heterocycles. The first-order valence-electron chi connectivity index (χ1n) is 2.86. The van der Waals surface area contributed by atoms with E-state index in [2.05, 4.69) is 10.2 Å². The minimum Gasteiger partial charge on any atom is -0.356 e. The predicted molar refractivity (Wildman–Crippen MR) is 32.3 cm³/mol. The number of carbonyl (C=O) groups is 1. The molecule has 53 valence electrons. The smallest absolute Gasteiger partial charge is 0.222 e. The highest BCUT2D eigenvalue weighted by Crippen LogP contribution is 1.77. The lowest BCUT2D eigenvalue weighted by Crippen LogP contribution is -2.23. The van der Waals surface area contributed by atoms with Crippen LogP contribution < -0.4 is 11.2 Å². The van der Waals surface area contributed by atoms with Gasteiger partial charge in [-0.2, -0.15) is 0 Å². The summed E-state index contributed by atoms with van der Waals surface area (Å²) in [5.74, 6) is 6.18. The summed E-state index contributed by atoms with van der Waals surface area (Å²) in [6.07, 6.45) is 0.275. The molecule has 0 atom stereocenters. The molecule has 0 aromatic rings. The first kappa shape index (κ1) is 8.39. The van der Waals surface area contributed by atoms with Crippen molar-refractivity contribution in [1.29, 1.82) is 0 Å². The molecular formula is C5H11N2O2. The zero-order chi connectivity index (χ0) is 7.11. The summed E-state index contributed by atoms with van der Waals surface area (Å²) >= 11 is 0. The van der Waals surface area contributed by atoms with E-state index in [9.17, 15) is 4.79 Å². The molecule has 0 aromatic carbocycles. The third kappa shape index (κ3) is 5.26. The third-order valence-electron chi connectivity index (χ3n) is 0.805. The van der Waals surface area contributed by atoms with Crippen molar-refractivity contribution >= 4 is 5.91 Å². The second-order valence-corrected chi connectivity index (χ2v) is 1.55. The van der Waals surface area contributed by atoms with E-state index in [1.165, 1.54) is 0 Å². The van der Waals surface area contributed by atoms with Gasteiger partial charge in [-0.25, -0.2) is 0 Å². The van der Waals surface area contributed by atoms with Crippen LogP contribution in [0.5, 0.6) is 0 Å². The quantitative estimate of drug-likeness (QED) is 0.534. The average Bonchev–Trinajstić information content (AvgIpc) is 1.85. The van der Waals surface area contributed by atoms with Gasteiger partial charge in [0.15, 0.2) is 0 Å². The Labute approximate surface area is 54.3 Å². The van der Waals surface area contributed by atoms with E-state index in [1.807, 2.05) is 6.92 Å². The maximum Gasteiger partial charge on any atom is 0.222 e. The lowest BCUT2D eigenvalue weighted by Gasteiger charge is -1.98. The largest absolute Gasteiger partial charge is 0.356 e. The summed E-state index contributed by atoms with van der Waals surface area (Å²) < 4.78 is 0. The molecular weight excluding hydrogens is 120 g/mol. The fourth-order valence-corrected chi connectivity index (χ4v) is 0.429. The van der Waals surface area contributed by atoms with Crippen molar-refractivity contribution in [2.24, 2.45) is 0 Å². The van der Waals surface area contributed by atoms with Gasteiger partial charge in [-0.3, -0.25) is 9.63 Å². The molecule has 0 saturated heterocycles. The SMILES string of the molecule is CCNC(=O)CCO[NH]. The fraction of sp³-hybridized carbons (Fsp3) is 0.800. The summed E-state index contributed by atoms with van der Waals surface area (Å²) in [5.41, 5.74) is 0. The third-order valence-corrected chi connectivity index (χ3v) is 0.805. The molecule has 1 radical (unpaired) electrons. The first-order valence-corrected chi connectivity index (χ1v) is 2.86. The van der Waals surface area contributed by atoms with Crippen LogP contribution in [0.15, 0.2) is 0 Å². The van der Waals surface area contributed by atoms with Gasteiger partial charge in [-0.15, -0.1) is 5.90 Å². The summed E-state index contributed by atoms with van der Waals surface area (Å²) in [7, 11) is 0. The number of hydrogen-bond acceptors (Lipinski definition) is 2. The number of rotatable bonds is 4. The Bertz CT molecular complexity index is 85.0. The maximum atomic E-state index is 10.5. The van der Waals surface area contributed by atoms with Gasteiger partial charge in [-0.1, -0.05) is 0 Å². The monoisotopic (exact) mass is 131 g/mol. The van der Waals surface area contributed by atoms with Gasteiger partial charge in [-0.05, 0) is 6.92 Å². The van der Waals surface area contributed by atoms with Crippen molar-refractivity contribution < 1.29 is 9.63 Å². The van der Waals surface area contributed by atoms with Crippen molar-refractivity contribution in [2.75, 3.05) is 13.2 Å². The van der Waals surface area contributed by atoms with Crippen molar-refractivity contribution in [1.82, 2.24) is 11.2 Å². The molecule has 9 heavy (non-hydrogen) atoms. The van der Waals surface area contributed by atoms with E-state index in [4.69, 9.17) is 5.90 Å². The van der Waals surface area contributed by atoms with Gasteiger partial charge in [0.05, 0.1) is 13.0 Å². The van der Waals surface area contributed by atoms with Gasteiger partial charge in [0.25, 0.3) is 0 Å². The molecule has 0 unspecified atom stereocenters. The normalized spacial score (nSPS) is 9.11. The van der Waals surface area contributed by atoms with Crippen LogP contribution >= 0.6 is 0 Å². The summed E-state index contributed by atoms with van der Waals surface area (Å²) in [6, 6.07) is 0. The second kappa shape index (κ2) is 5.53. The molecule has 0 fully saturated rings. The molecule has 0 rings (SSSR count). The Kier molecular flexibility index (Phi) is 5.15. The molecule has 1 amide bonds. The Morgan fingerprint density at radius 2 is 2.44 bits per heavy atom. The van der Waals surface area contributed by atoms with Crippen LogP contribution in [-0.4, -0.2) is 19.1 Å². The average molecular weight is 131 g/mol. The summed E-state index contributed by atoms with van der Waals surface area (Å²) in [6.45, 7) is 2.65. The van der Waals surface area contributed by atoms with Gasteiger partial charge in [0, 0.05) is 6.54 Å². The van der Waals surface area contributed by atoms with E-state index >= 15 is 0 Å². The van der Waals surface area contributed by atoms with Crippen LogP contribution in [0.3, 0.4) is 0 Å². The van der Waals surface area contributed by atoms with Gasteiger partial charge >= 0.3 is 0 Å². The molecule has 4 nitrogen and oxygen atoms in total. The number of amides is 1. The Hall–Kier alpha value is -0.610. The van der Waals surface area contributed by atoms with Gasteiger partial charge < -0.3 is 5.32 Å². The molecule has 0 aliphatic heterocycles.